The summed E-state index contributed by atoms with van der Waals surface area (Å²) >= 11 is 0. The number of aryl methyl sites for hydroxylation is 1. The highest BCUT2D eigenvalue weighted by Gasteiger charge is 2.56. The van der Waals surface area contributed by atoms with Crippen LogP contribution in [0, 0.1) is 17.8 Å². The SMILES string of the molecule is Cn1cc(-c2ncccc2C(=O)N2C[C@@H]3C(CF)[C@@H]3C2)cn1. The van der Waals surface area contributed by atoms with Gasteiger partial charge in [0.1, 0.15) is 0 Å². The van der Waals surface area contributed by atoms with E-state index in [4.69, 9.17) is 0 Å². The van der Waals surface area contributed by atoms with E-state index in [0.717, 1.165) is 5.56 Å². The molecule has 2 aromatic heterocycles. The molecule has 6 heteroatoms. The van der Waals surface area contributed by atoms with Crippen molar-refractivity contribution in [1.82, 2.24) is 19.7 Å². The van der Waals surface area contributed by atoms with Crippen LogP contribution in [0.5, 0.6) is 0 Å². The molecule has 1 saturated carbocycles. The van der Waals surface area contributed by atoms with Gasteiger partial charge in [0.15, 0.2) is 0 Å². The molecular formula is C16H17FN4O. The summed E-state index contributed by atoms with van der Waals surface area (Å²) in [5, 5.41) is 4.14. The standard InChI is InChI=1S/C16H17FN4O/c1-20-7-10(6-19-20)15-11(3-2-4-18-15)16(22)21-8-13-12(5-17)14(13)9-21/h2-4,6-7,12-14H,5,8-9H2,1H3/t12?,13-,14+. The second-order valence-corrected chi connectivity index (χ2v) is 6.16. The van der Waals surface area contributed by atoms with E-state index in [1.807, 2.05) is 18.1 Å². The molecule has 4 rings (SSSR count). The molecule has 2 fully saturated rings. The summed E-state index contributed by atoms with van der Waals surface area (Å²) in [5.41, 5.74) is 2.08. The molecule has 0 radical (unpaired) electrons. The summed E-state index contributed by atoms with van der Waals surface area (Å²) in [6, 6.07) is 3.57. The van der Waals surface area contributed by atoms with Crippen molar-refractivity contribution in [2.75, 3.05) is 19.8 Å². The van der Waals surface area contributed by atoms with Crippen LogP contribution in [0.4, 0.5) is 4.39 Å². The van der Waals surface area contributed by atoms with E-state index < -0.39 is 0 Å². The topological polar surface area (TPSA) is 51.0 Å². The van der Waals surface area contributed by atoms with Crippen LogP contribution in [-0.4, -0.2) is 45.3 Å². The summed E-state index contributed by atoms with van der Waals surface area (Å²) in [6.07, 6.45) is 5.24. The first-order chi connectivity index (χ1) is 10.7. The first-order valence-corrected chi connectivity index (χ1v) is 7.48. The Bertz CT molecular complexity index is 716. The molecule has 22 heavy (non-hydrogen) atoms. The van der Waals surface area contributed by atoms with Crippen molar-refractivity contribution in [2.45, 2.75) is 0 Å². The molecular weight excluding hydrogens is 283 g/mol. The van der Waals surface area contributed by atoms with Gasteiger partial charge >= 0.3 is 0 Å². The number of alkyl halides is 1. The van der Waals surface area contributed by atoms with Crippen LogP contribution in [-0.2, 0) is 7.05 Å². The number of carbonyl (C=O) groups excluding carboxylic acids is 1. The molecule has 5 nitrogen and oxygen atoms in total. The Kier molecular flexibility index (Phi) is 2.99. The number of hydrogen-bond acceptors (Lipinski definition) is 3. The molecule has 1 unspecified atom stereocenters. The van der Waals surface area contributed by atoms with Crippen molar-refractivity contribution >= 4 is 5.91 Å². The number of hydrogen-bond donors (Lipinski definition) is 0. The second kappa shape index (κ2) is 4.90. The lowest BCUT2D eigenvalue weighted by molar-refractivity contribution is 0.0765. The summed E-state index contributed by atoms with van der Waals surface area (Å²) < 4.78 is 14.4. The van der Waals surface area contributed by atoms with E-state index in [9.17, 15) is 9.18 Å². The van der Waals surface area contributed by atoms with Gasteiger partial charge in [-0.15, -0.1) is 0 Å². The lowest BCUT2D eigenvalue weighted by atomic mass is 10.1. The zero-order chi connectivity index (χ0) is 15.3. The van der Waals surface area contributed by atoms with E-state index in [0.29, 0.717) is 36.2 Å². The molecule has 0 aromatic carbocycles. The van der Waals surface area contributed by atoms with Gasteiger partial charge in [-0.05, 0) is 29.9 Å². The summed E-state index contributed by atoms with van der Waals surface area (Å²) in [5.74, 6) is 0.868. The molecule has 0 N–H and O–H groups in total. The predicted molar refractivity (Wildman–Crippen MR) is 78.8 cm³/mol. The first-order valence-electron chi connectivity index (χ1n) is 7.48. The number of rotatable bonds is 3. The number of likely N-dealkylation sites (tertiary alicyclic amines) is 1. The Labute approximate surface area is 127 Å². The van der Waals surface area contributed by atoms with Gasteiger partial charge in [-0.2, -0.15) is 5.10 Å². The highest BCUT2D eigenvalue weighted by molar-refractivity contribution is 6.00. The van der Waals surface area contributed by atoms with Crippen molar-refractivity contribution in [3.63, 3.8) is 0 Å². The minimum absolute atomic E-state index is 0.0169. The maximum Gasteiger partial charge on any atom is 0.256 e. The van der Waals surface area contributed by atoms with Crippen LogP contribution in [0.1, 0.15) is 10.4 Å². The van der Waals surface area contributed by atoms with Gasteiger partial charge in [0, 0.05) is 38.1 Å². The van der Waals surface area contributed by atoms with Gasteiger partial charge in [-0.3, -0.25) is 18.9 Å². The van der Waals surface area contributed by atoms with Crippen molar-refractivity contribution in [3.8, 4) is 11.3 Å². The van der Waals surface area contributed by atoms with E-state index in [-0.39, 0.29) is 18.5 Å². The smallest absolute Gasteiger partial charge is 0.256 e. The average molecular weight is 300 g/mol. The molecule has 3 atom stereocenters. The van der Waals surface area contributed by atoms with Gasteiger partial charge < -0.3 is 4.90 Å². The van der Waals surface area contributed by atoms with Crippen molar-refractivity contribution in [1.29, 1.82) is 0 Å². The third-order valence-electron chi connectivity index (χ3n) is 4.85. The lowest BCUT2D eigenvalue weighted by Crippen LogP contribution is -2.32. The Hall–Kier alpha value is -2.24. The summed E-state index contributed by atoms with van der Waals surface area (Å²) in [6.45, 7) is 1.07. The largest absolute Gasteiger partial charge is 0.338 e. The number of halogens is 1. The van der Waals surface area contributed by atoms with Gasteiger partial charge in [0.05, 0.1) is 24.1 Å². The molecule has 3 heterocycles. The lowest BCUT2D eigenvalue weighted by Gasteiger charge is -2.20. The highest BCUT2D eigenvalue weighted by Crippen LogP contribution is 2.52. The quantitative estimate of drug-likeness (QED) is 0.868. The Morgan fingerprint density at radius 2 is 2.18 bits per heavy atom. The molecule has 1 saturated heterocycles. The fraction of sp³-hybridized carbons (Fsp3) is 0.438. The van der Waals surface area contributed by atoms with Gasteiger partial charge in [-0.25, -0.2) is 0 Å². The fourth-order valence-electron chi connectivity index (χ4n) is 3.57. The number of nitrogens with zero attached hydrogens (tertiary/aromatic N) is 4. The van der Waals surface area contributed by atoms with Gasteiger partial charge in [-0.1, -0.05) is 0 Å². The first kappa shape index (κ1) is 13.4. The minimum Gasteiger partial charge on any atom is -0.338 e. The molecule has 114 valence electrons. The molecule has 2 aliphatic rings. The fourth-order valence-corrected chi connectivity index (χ4v) is 3.57. The number of aromatic nitrogens is 3. The van der Waals surface area contributed by atoms with E-state index in [1.54, 1.807) is 29.2 Å². The Morgan fingerprint density at radius 3 is 2.82 bits per heavy atom. The van der Waals surface area contributed by atoms with Crippen molar-refractivity contribution < 1.29 is 9.18 Å². The van der Waals surface area contributed by atoms with E-state index >= 15 is 0 Å². The van der Waals surface area contributed by atoms with Crippen LogP contribution in [0.3, 0.4) is 0 Å². The molecule has 0 bridgehead atoms. The van der Waals surface area contributed by atoms with Crippen LogP contribution < -0.4 is 0 Å². The highest BCUT2D eigenvalue weighted by atomic mass is 19.1. The number of pyridine rings is 1. The van der Waals surface area contributed by atoms with E-state index in [2.05, 4.69) is 10.1 Å². The van der Waals surface area contributed by atoms with Crippen molar-refractivity contribution in [2.24, 2.45) is 24.8 Å². The average Bonchev–Trinajstić information content (AvgIpc) is 2.90. The zero-order valence-electron chi connectivity index (χ0n) is 12.3. The predicted octanol–water partition coefficient (Wildman–Crippen LogP) is 1.77. The molecule has 1 aliphatic carbocycles. The Morgan fingerprint density at radius 1 is 1.41 bits per heavy atom. The number of piperidine rings is 1. The summed E-state index contributed by atoms with van der Waals surface area (Å²) in [7, 11) is 1.83. The third kappa shape index (κ3) is 2.01. The van der Waals surface area contributed by atoms with Crippen LogP contribution >= 0.6 is 0 Å². The molecule has 2 aromatic rings. The molecule has 1 aliphatic heterocycles. The van der Waals surface area contributed by atoms with E-state index in [1.165, 1.54) is 0 Å². The number of amides is 1. The normalized spacial score (nSPS) is 26.1. The maximum atomic E-state index is 12.8. The third-order valence-corrected chi connectivity index (χ3v) is 4.85. The summed E-state index contributed by atoms with van der Waals surface area (Å²) in [4.78, 5) is 19.0. The number of fused-ring (bicyclic) bond motifs is 1. The minimum atomic E-state index is -0.259. The zero-order valence-corrected chi connectivity index (χ0v) is 12.3. The second-order valence-electron chi connectivity index (χ2n) is 6.16. The van der Waals surface area contributed by atoms with Gasteiger partial charge in [0.25, 0.3) is 5.91 Å². The maximum absolute atomic E-state index is 12.8. The number of carbonyl (C=O) groups is 1. The van der Waals surface area contributed by atoms with Crippen LogP contribution in [0.15, 0.2) is 30.7 Å². The van der Waals surface area contributed by atoms with Gasteiger partial charge in [0.2, 0.25) is 0 Å². The Balaban J connectivity index is 1.60. The monoisotopic (exact) mass is 300 g/mol. The van der Waals surface area contributed by atoms with Crippen LogP contribution in [0.25, 0.3) is 11.3 Å². The molecule has 0 spiro atoms. The van der Waals surface area contributed by atoms with Crippen molar-refractivity contribution in [3.05, 3.63) is 36.3 Å². The van der Waals surface area contributed by atoms with Crippen LogP contribution in [0.2, 0.25) is 0 Å². The molecule has 1 amide bonds.